The molecule has 0 fully saturated rings. The minimum Gasteiger partial charge on any atom is -0.383 e. The number of ether oxygens (including phenoxy) is 1. The molecule has 0 bridgehead atoms. The Morgan fingerprint density at radius 1 is 1.18 bits per heavy atom. The lowest BCUT2D eigenvalue weighted by Gasteiger charge is -2.25. The second-order valence-corrected chi connectivity index (χ2v) is 8.56. The highest BCUT2D eigenvalue weighted by Crippen LogP contribution is 2.19. The van der Waals surface area contributed by atoms with Crippen LogP contribution in [0.2, 0.25) is 0 Å². The molecule has 0 atom stereocenters. The minimum atomic E-state index is -0.760. The highest BCUT2D eigenvalue weighted by atomic mass is 16.5. The molecular weight excluding hydrogens is 440 g/mol. The van der Waals surface area contributed by atoms with Gasteiger partial charge in [-0.05, 0) is 31.9 Å². The standard InChI is InChI=1S/C23H34N6O5/c1-14(2)13-29-20(24)19(22(32)27-23(29)33)28(10-11-34-5)18(30)12-25-17-9-7-6-8-16(17)21(31)26-15(3)4/h6-9,14-15,25H,10-13,24H2,1-5H3,(H,26,31)(H,27,32,33). The minimum absolute atomic E-state index is 0.0413. The van der Waals surface area contributed by atoms with Crippen molar-refractivity contribution in [3.05, 3.63) is 50.7 Å². The Hall–Kier alpha value is -3.60. The summed E-state index contributed by atoms with van der Waals surface area (Å²) in [5.41, 5.74) is 5.53. The average molecular weight is 475 g/mol. The largest absolute Gasteiger partial charge is 0.383 e. The van der Waals surface area contributed by atoms with Crippen LogP contribution in [-0.4, -0.2) is 54.2 Å². The van der Waals surface area contributed by atoms with Gasteiger partial charge in [0.25, 0.3) is 11.5 Å². The molecule has 11 nitrogen and oxygen atoms in total. The molecule has 186 valence electrons. The molecule has 1 aromatic carbocycles. The van der Waals surface area contributed by atoms with Gasteiger partial charge in [0.05, 0.1) is 18.7 Å². The number of nitrogens with two attached hydrogens (primary N) is 1. The highest BCUT2D eigenvalue weighted by Gasteiger charge is 2.24. The van der Waals surface area contributed by atoms with Crippen molar-refractivity contribution in [2.45, 2.75) is 40.3 Å². The van der Waals surface area contributed by atoms with Crippen molar-refractivity contribution in [1.82, 2.24) is 14.9 Å². The first-order chi connectivity index (χ1) is 16.1. The Kier molecular flexibility index (Phi) is 9.43. The maximum absolute atomic E-state index is 13.2. The van der Waals surface area contributed by atoms with Crippen LogP contribution in [0.15, 0.2) is 33.9 Å². The fourth-order valence-electron chi connectivity index (χ4n) is 3.37. The number of aromatic nitrogens is 2. The van der Waals surface area contributed by atoms with E-state index in [0.29, 0.717) is 11.3 Å². The Labute approximate surface area is 198 Å². The first-order valence-electron chi connectivity index (χ1n) is 11.1. The molecule has 2 amide bonds. The number of nitrogens with zero attached hydrogens (tertiary/aromatic N) is 2. The molecule has 34 heavy (non-hydrogen) atoms. The second-order valence-electron chi connectivity index (χ2n) is 8.56. The quantitative estimate of drug-likeness (QED) is 0.379. The van der Waals surface area contributed by atoms with Crippen molar-refractivity contribution < 1.29 is 14.3 Å². The molecule has 0 radical (unpaired) electrons. The van der Waals surface area contributed by atoms with E-state index in [-0.39, 0.29) is 55.6 Å². The van der Waals surface area contributed by atoms with Gasteiger partial charge in [0, 0.05) is 31.9 Å². The van der Waals surface area contributed by atoms with Crippen molar-refractivity contribution >= 4 is 29.0 Å². The van der Waals surface area contributed by atoms with E-state index < -0.39 is 17.2 Å². The van der Waals surface area contributed by atoms with Crippen LogP contribution in [0, 0.1) is 5.92 Å². The van der Waals surface area contributed by atoms with Gasteiger partial charge in [-0.1, -0.05) is 26.0 Å². The molecule has 2 aromatic rings. The van der Waals surface area contributed by atoms with Crippen molar-refractivity contribution in [3.63, 3.8) is 0 Å². The first-order valence-corrected chi connectivity index (χ1v) is 11.1. The Balaban J connectivity index is 2.37. The van der Waals surface area contributed by atoms with Crippen LogP contribution in [0.5, 0.6) is 0 Å². The molecule has 0 unspecified atom stereocenters. The monoisotopic (exact) mass is 474 g/mol. The number of anilines is 3. The molecule has 0 saturated heterocycles. The number of H-pyrrole nitrogens is 1. The topological polar surface area (TPSA) is 152 Å². The van der Waals surface area contributed by atoms with Crippen LogP contribution in [0.4, 0.5) is 17.2 Å². The van der Waals surface area contributed by atoms with Gasteiger partial charge in [-0.25, -0.2) is 4.79 Å². The SMILES string of the molecule is COCCN(C(=O)CNc1ccccc1C(=O)NC(C)C)c1c(N)n(CC(C)C)c(=O)[nH]c1=O. The lowest BCUT2D eigenvalue weighted by atomic mass is 10.1. The summed E-state index contributed by atoms with van der Waals surface area (Å²) in [6.07, 6.45) is 0. The molecule has 11 heteroatoms. The highest BCUT2D eigenvalue weighted by molar-refractivity contribution is 6.02. The number of methoxy groups -OCH3 is 1. The number of aromatic amines is 1. The lowest BCUT2D eigenvalue weighted by Crippen LogP contribution is -2.44. The Bertz CT molecular complexity index is 1120. The Morgan fingerprint density at radius 3 is 2.47 bits per heavy atom. The zero-order chi connectivity index (χ0) is 25.4. The second kappa shape index (κ2) is 12.0. The molecule has 1 aromatic heterocycles. The predicted molar refractivity (Wildman–Crippen MR) is 132 cm³/mol. The van der Waals surface area contributed by atoms with Gasteiger partial charge in [-0.2, -0.15) is 0 Å². The molecule has 2 rings (SSSR count). The number of benzene rings is 1. The van der Waals surface area contributed by atoms with E-state index in [0.717, 1.165) is 0 Å². The van der Waals surface area contributed by atoms with E-state index >= 15 is 0 Å². The smallest absolute Gasteiger partial charge is 0.330 e. The van der Waals surface area contributed by atoms with E-state index in [1.54, 1.807) is 24.3 Å². The number of hydrogen-bond donors (Lipinski definition) is 4. The van der Waals surface area contributed by atoms with Crippen molar-refractivity contribution in [2.24, 2.45) is 5.92 Å². The summed E-state index contributed by atoms with van der Waals surface area (Å²) >= 11 is 0. The average Bonchev–Trinajstić information content (AvgIpc) is 2.76. The lowest BCUT2D eigenvalue weighted by molar-refractivity contribution is -0.117. The van der Waals surface area contributed by atoms with E-state index in [9.17, 15) is 19.2 Å². The summed E-state index contributed by atoms with van der Waals surface area (Å²) in [6.45, 7) is 7.75. The number of rotatable bonds is 11. The number of nitrogen functional groups attached to an aromatic ring is 1. The number of carbonyl (C=O) groups is 2. The molecule has 1 heterocycles. The summed E-state index contributed by atoms with van der Waals surface area (Å²) in [5.74, 6) is -0.771. The van der Waals surface area contributed by atoms with Crippen molar-refractivity contribution in [1.29, 1.82) is 0 Å². The number of hydrogen-bond acceptors (Lipinski definition) is 7. The fourth-order valence-corrected chi connectivity index (χ4v) is 3.37. The van der Waals surface area contributed by atoms with E-state index in [2.05, 4.69) is 15.6 Å². The van der Waals surface area contributed by atoms with Crippen LogP contribution >= 0.6 is 0 Å². The summed E-state index contributed by atoms with van der Waals surface area (Å²) in [5, 5.41) is 5.80. The van der Waals surface area contributed by atoms with Crippen LogP contribution < -0.4 is 32.5 Å². The first kappa shape index (κ1) is 26.7. The third-order valence-electron chi connectivity index (χ3n) is 4.87. The van der Waals surface area contributed by atoms with Crippen LogP contribution in [0.3, 0.4) is 0 Å². The van der Waals surface area contributed by atoms with Gasteiger partial charge in [-0.15, -0.1) is 0 Å². The fraction of sp³-hybridized carbons (Fsp3) is 0.478. The normalized spacial score (nSPS) is 11.0. The summed E-state index contributed by atoms with van der Waals surface area (Å²) in [7, 11) is 1.47. The van der Waals surface area contributed by atoms with E-state index in [4.69, 9.17) is 10.5 Å². The van der Waals surface area contributed by atoms with Gasteiger partial charge in [0.15, 0.2) is 5.69 Å². The van der Waals surface area contributed by atoms with Gasteiger partial charge >= 0.3 is 5.69 Å². The molecule has 0 saturated carbocycles. The number of nitrogens with one attached hydrogen (secondary N) is 3. The Morgan fingerprint density at radius 2 is 1.85 bits per heavy atom. The summed E-state index contributed by atoms with van der Waals surface area (Å²) in [4.78, 5) is 54.1. The van der Waals surface area contributed by atoms with Gasteiger partial charge in [0.1, 0.15) is 5.82 Å². The van der Waals surface area contributed by atoms with Crippen molar-refractivity contribution in [2.75, 3.05) is 42.8 Å². The van der Waals surface area contributed by atoms with E-state index in [1.165, 1.54) is 16.6 Å². The maximum Gasteiger partial charge on any atom is 0.330 e. The zero-order valence-electron chi connectivity index (χ0n) is 20.3. The number of para-hydroxylation sites is 1. The van der Waals surface area contributed by atoms with Crippen LogP contribution in [0.1, 0.15) is 38.1 Å². The van der Waals surface area contributed by atoms with Gasteiger partial charge < -0.3 is 26.0 Å². The predicted octanol–water partition coefficient (Wildman–Crippen LogP) is 1.00. The van der Waals surface area contributed by atoms with Crippen LogP contribution in [-0.2, 0) is 16.1 Å². The van der Waals surface area contributed by atoms with E-state index in [1.807, 2.05) is 27.7 Å². The van der Waals surface area contributed by atoms with Crippen LogP contribution in [0.25, 0.3) is 0 Å². The molecule has 0 aliphatic heterocycles. The van der Waals surface area contributed by atoms with Gasteiger partial charge in [0.2, 0.25) is 5.91 Å². The zero-order valence-corrected chi connectivity index (χ0v) is 20.3. The molecular formula is C23H34N6O5. The number of carbonyl (C=O) groups excluding carboxylic acids is 2. The molecule has 0 aliphatic carbocycles. The van der Waals surface area contributed by atoms with Gasteiger partial charge in [-0.3, -0.25) is 23.9 Å². The van der Waals surface area contributed by atoms with Crippen molar-refractivity contribution in [3.8, 4) is 0 Å². The third-order valence-corrected chi connectivity index (χ3v) is 4.87. The third kappa shape index (κ3) is 6.70. The molecule has 0 aliphatic rings. The summed E-state index contributed by atoms with van der Waals surface area (Å²) in [6, 6.07) is 6.75. The number of amides is 2. The maximum atomic E-state index is 13.2. The molecule has 5 N–H and O–H groups in total. The molecule has 0 spiro atoms. The summed E-state index contributed by atoms with van der Waals surface area (Å²) < 4.78 is 6.35.